The van der Waals surface area contributed by atoms with Crippen molar-refractivity contribution in [3.8, 4) is 11.3 Å². The molecule has 1 amide bonds. The standard InChI is InChI=1S/C19H15F3N4O2/c1-25-9-14-16(24-25)13-8-10(17(23)27)2-7-15(13)26(18(14)28)12-5-3-11(4-6-12)19(20,21)22/h2-9,18,28H,1H3,(H2,23,27). The van der Waals surface area contributed by atoms with E-state index in [1.165, 1.54) is 27.8 Å². The number of anilines is 2. The fourth-order valence-corrected chi connectivity index (χ4v) is 3.36. The van der Waals surface area contributed by atoms with Gasteiger partial charge in [0.2, 0.25) is 5.91 Å². The van der Waals surface area contributed by atoms with Gasteiger partial charge in [0.25, 0.3) is 0 Å². The number of amides is 1. The summed E-state index contributed by atoms with van der Waals surface area (Å²) in [5.74, 6) is -0.618. The van der Waals surface area contributed by atoms with Gasteiger partial charge in [-0.05, 0) is 42.5 Å². The van der Waals surface area contributed by atoms with Crippen LogP contribution in [0.5, 0.6) is 0 Å². The Balaban J connectivity index is 1.89. The molecule has 0 aliphatic carbocycles. The van der Waals surface area contributed by atoms with Crippen LogP contribution < -0.4 is 10.6 Å². The van der Waals surface area contributed by atoms with Crippen molar-refractivity contribution in [3.05, 3.63) is 65.4 Å². The van der Waals surface area contributed by atoms with Crippen LogP contribution in [0.3, 0.4) is 0 Å². The van der Waals surface area contributed by atoms with Crippen LogP contribution in [0.25, 0.3) is 11.3 Å². The van der Waals surface area contributed by atoms with E-state index in [0.29, 0.717) is 28.2 Å². The Morgan fingerprint density at radius 3 is 2.46 bits per heavy atom. The minimum Gasteiger partial charge on any atom is -0.369 e. The number of halogens is 3. The van der Waals surface area contributed by atoms with E-state index >= 15 is 0 Å². The van der Waals surface area contributed by atoms with Gasteiger partial charge in [0.05, 0.1) is 11.3 Å². The minimum atomic E-state index is -4.45. The van der Waals surface area contributed by atoms with Gasteiger partial charge in [-0.25, -0.2) is 0 Å². The number of alkyl halides is 3. The number of aliphatic hydroxyl groups is 1. The molecule has 9 heteroatoms. The number of hydrogen-bond donors (Lipinski definition) is 2. The highest BCUT2D eigenvalue weighted by Gasteiger charge is 2.35. The average molecular weight is 388 g/mol. The SMILES string of the molecule is Cn1cc2c(n1)-c1cc(C(N)=O)ccc1N(c1ccc(C(F)(F)F)cc1)C2O. The third-order valence-electron chi connectivity index (χ3n) is 4.65. The van der Waals surface area contributed by atoms with Crippen molar-refractivity contribution in [3.63, 3.8) is 0 Å². The fourth-order valence-electron chi connectivity index (χ4n) is 3.36. The predicted molar refractivity (Wildman–Crippen MR) is 95.7 cm³/mol. The van der Waals surface area contributed by atoms with E-state index < -0.39 is 23.9 Å². The van der Waals surface area contributed by atoms with E-state index in [9.17, 15) is 23.1 Å². The maximum Gasteiger partial charge on any atom is 0.416 e. The zero-order valence-corrected chi connectivity index (χ0v) is 14.6. The number of carbonyl (C=O) groups is 1. The number of rotatable bonds is 2. The summed E-state index contributed by atoms with van der Waals surface area (Å²) < 4.78 is 40.2. The summed E-state index contributed by atoms with van der Waals surface area (Å²) in [6.45, 7) is 0. The maximum atomic E-state index is 12.9. The normalized spacial score (nSPS) is 15.9. The Hall–Kier alpha value is -3.33. The molecular formula is C19H15F3N4O2. The number of benzene rings is 2. The highest BCUT2D eigenvalue weighted by molar-refractivity contribution is 5.97. The molecule has 0 spiro atoms. The van der Waals surface area contributed by atoms with Gasteiger partial charge in [-0.15, -0.1) is 0 Å². The molecule has 1 atom stereocenters. The van der Waals surface area contributed by atoms with Crippen LogP contribution >= 0.6 is 0 Å². The number of carbonyl (C=O) groups excluding carboxylic acids is 1. The van der Waals surface area contributed by atoms with Gasteiger partial charge in [-0.2, -0.15) is 18.3 Å². The second-order valence-corrected chi connectivity index (χ2v) is 6.49. The van der Waals surface area contributed by atoms with Crippen LogP contribution in [-0.4, -0.2) is 20.8 Å². The lowest BCUT2D eigenvalue weighted by molar-refractivity contribution is -0.137. The molecule has 28 heavy (non-hydrogen) atoms. The van der Waals surface area contributed by atoms with E-state index in [4.69, 9.17) is 5.73 Å². The van der Waals surface area contributed by atoms with Crippen LogP contribution in [0, 0.1) is 0 Å². The first kappa shape index (κ1) is 18.1. The summed E-state index contributed by atoms with van der Waals surface area (Å²) in [4.78, 5) is 13.1. The van der Waals surface area contributed by atoms with Crippen LogP contribution in [-0.2, 0) is 13.2 Å². The Kier molecular flexibility index (Phi) is 3.93. The monoisotopic (exact) mass is 388 g/mol. The number of primary amides is 1. The molecule has 1 unspecified atom stereocenters. The first-order chi connectivity index (χ1) is 13.2. The van der Waals surface area contributed by atoms with Crippen molar-refractivity contribution >= 4 is 17.3 Å². The molecule has 0 fully saturated rings. The lowest BCUT2D eigenvalue weighted by Gasteiger charge is -2.35. The Labute approximate surface area is 157 Å². The molecule has 1 aliphatic rings. The number of hydrogen-bond acceptors (Lipinski definition) is 4. The minimum absolute atomic E-state index is 0.263. The Bertz CT molecular complexity index is 1070. The molecule has 144 valence electrons. The van der Waals surface area contributed by atoms with Crippen LogP contribution in [0.15, 0.2) is 48.7 Å². The van der Waals surface area contributed by atoms with Crippen molar-refractivity contribution in [1.29, 1.82) is 0 Å². The molecule has 0 radical (unpaired) electrons. The Morgan fingerprint density at radius 1 is 1.18 bits per heavy atom. The topological polar surface area (TPSA) is 84.4 Å². The summed E-state index contributed by atoms with van der Waals surface area (Å²) in [6, 6.07) is 9.15. The number of aromatic nitrogens is 2. The smallest absolute Gasteiger partial charge is 0.369 e. The molecule has 4 rings (SSSR count). The molecule has 1 aliphatic heterocycles. The highest BCUT2D eigenvalue weighted by atomic mass is 19.4. The first-order valence-electron chi connectivity index (χ1n) is 8.29. The fraction of sp³-hybridized carbons (Fsp3) is 0.158. The quantitative estimate of drug-likeness (QED) is 0.705. The number of aryl methyl sites for hydroxylation is 1. The lowest BCUT2D eigenvalue weighted by Crippen LogP contribution is -2.27. The van der Waals surface area contributed by atoms with Gasteiger partial charge in [-0.3, -0.25) is 9.48 Å². The van der Waals surface area contributed by atoms with Gasteiger partial charge >= 0.3 is 6.18 Å². The predicted octanol–water partition coefficient (Wildman–Crippen LogP) is 3.35. The largest absolute Gasteiger partial charge is 0.416 e. The van der Waals surface area contributed by atoms with E-state index in [0.717, 1.165) is 12.1 Å². The van der Waals surface area contributed by atoms with E-state index in [1.807, 2.05) is 0 Å². The summed E-state index contributed by atoms with van der Waals surface area (Å²) in [5, 5.41) is 15.2. The molecule has 6 nitrogen and oxygen atoms in total. The van der Waals surface area contributed by atoms with Crippen LogP contribution in [0.1, 0.15) is 27.7 Å². The number of aliphatic hydroxyl groups excluding tert-OH is 1. The molecule has 1 aromatic heterocycles. The molecule has 3 aromatic rings. The summed E-state index contributed by atoms with van der Waals surface area (Å²) in [7, 11) is 1.69. The molecular weight excluding hydrogens is 373 g/mol. The molecule has 0 saturated heterocycles. The van der Waals surface area contributed by atoms with Crippen molar-refractivity contribution in [1.82, 2.24) is 9.78 Å². The van der Waals surface area contributed by atoms with E-state index in [1.54, 1.807) is 25.4 Å². The third-order valence-corrected chi connectivity index (χ3v) is 4.65. The molecule has 0 saturated carbocycles. The number of nitrogens with two attached hydrogens (primary N) is 1. The number of nitrogens with zero attached hydrogens (tertiary/aromatic N) is 3. The summed E-state index contributed by atoms with van der Waals surface area (Å²) in [6.07, 6.45) is -3.99. The molecule has 3 N–H and O–H groups in total. The first-order valence-corrected chi connectivity index (χ1v) is 8.29. The summed E-state index contributed by atoms with van der Waals surface area (Å²) in [5.41, 5.74) is 7.22. The average Bonchev–Trinajstić information content (AvgIpc) is 3.03. The van der Waals surface area contributed by atoms with Gasteiger partial charge in [0.1, 0.15) is 5.69 Å². The van der Waals surface area contributed by atoms with Crippen molar-refractivity contribution < 1.29 is 23.1 Å². The summed E-state index contributed by atoms with van der Waals surface area (Å²) >= 11 is 0. The molecule has 2 aromatic carbocycles. The maximum absolute atomic E-state index is 12.9. The second kappa shape index (κ2) is 6.10. The van der Waals surface area contributed by atoms with Gasteiger partial charge in [-0.1, -0.05) is 0 Å². The van der Waals surface area contributed by atoms with Crippen molar-refractivity contribution in [2.24, 2.45) is 12.8 Å². The second-order valence-electron chi connectivity index (χ2n) is 6.49. The Morgan fingerprint density at radius 2 is 1.86 bits per heavy atom. The van der Waals surface area contributed by atoms with E-state index in [2.05, 4.69) is 5.10 Å². The molecule has 0 bridgehead atoms. The van der Waals surface area contributed by atoms with Gasteiger partial charge in [0.15, 0.2) is 6.23 Å². The number of fused-ring (bicyclic) bond motifs is 3. The van der Waals surface area contributed by atoms with Crippen molar-refractivity contribution in [2.45, 2.75) is 12.4 Å². The third kappa shape index (κ3) is 2.80. The molecule has 2 heterocycles. The van der Waals surface area contributed by atoms with Crippen molar-refractivity contribution in [2.75, 3.05) is 4.90 Å². The van der Waals surface area contributed by atoms with E-state index in [-0.39, 0.29) is 5.56 Å². The van der Waals surface area contributed by atoms with Gasteiger partial charge < -0.3 is 15.7 Å². The zero-order valence-electron chi connectivity index (χ0n) is 14.6. The lowest BCUT2D eigenvalue weighted by atomic mass is 9.95. The van der Waals surface area contributed by atoms with Crippen LogP contribution in [0.2, 0.25) is 0 Å². The highest BCUT2D eigenvalue weighted by Crippen LogP contribution is 2.47. The van der Waals surface area contributed by atoms with Crippen LogP contribution in [0.4, 0.5) is 24.5 Å². The van der Waals surface area contributed by atoms with Gasteiger partial charge in [0, 0.05) is 35.6 Å². The zero-order chi connectivity index (χ0) is 20.2.